The van der Waals surface area contributed by atoms with Crippen LogP contribution in [0.4, 0.5) is 13.2 Å². The van der Waals surface area contributed by atoms with Crippen LogP contribution in [0.5, 0.6) is 0 Å². The second-order valence-corrected chi connectivity index (χ2v) is 4.04. The number of alkyl halides is 3. The average molecular weight is 251 g/mol. The van der Waals surface area contributed by atoms with Crippen LogP contribution < -0.4 is 5.73 Å². The first-order valence-electron chi connectivity index (χ1n) is 5.00. The van der Waals surface area contributed by atoms with Crippen molar-refractivity contribution in [1.29, 1.82) is 0 Å². The lowest BCUT2D eigenvalue weighted by Gasteiger charge is -2.08. The molecule has 0 saturated heterocycles. The molecule has 0 aromatic heterocycles. The molecule has 1 nitrogen and oxygen atoms in total. The molecule has 0 spiro atoms. The molecule has 1 aromatic rings. The first-order valence-corrected chi connectivity index (χ1v) is 5.81. The molecule has 1 atom stereocenters. The lowest BCUT2D eigenvalue weighted by Crippen LogP contribution is -2.04. The highest BCUT2D eigenvalue weighted by molar-refractivity contribution is 8.00. The normalized spacial score (nSPS) is 12.7. The van der Waals surface area contributed by atoms with Gasteiger partial charge in [0.15, 0.2) is 0 Å². The molecule has 5 heteroatoms. The minimum Gasteiger partial charge on any atom is -0.324 e. The first-order chi connectivity index (χ1) is 7.38. The molecule has 92 valence electrons. The standard InChI is InChI=1S/C9H10F3NS.C2H6/c1-6(13)7-2-4-8(5-3-7)14-9(10,11)12;1-2/h2-6H,13H2,1H3;1-2H3. The lowest BCUT2D eigenvalue weighted by molar-refractivity contribution is -0.0328. The average Bonchev–Trinajstić information content (AvgIpc) is 2.19. The van der Waals surface area contributed by atoms with Crippen LogP contribution in [0.2, 0.25) is 0 Å². The predicted octanol–water partition coefficient (Wildman–Crippen LogP) is 4.34. The van der Waals surface area contributed by atoms with Gasteiger partial charge in [-0.15, -0.1) is 0 Å². The number of thioether (sulfide) groups is 1. The van der Waals surface area contributed by atoms with Gasteiger partial charge in [0.2, 0.25) is 0 Å². The van der Waals surface area contributed by atoms with Gasteiger partial charge in [0.25, 0.3) is 0 Å². The summed E-state index contributed by atoms with van der Waals surface area (Å²) in [5.74, 6) is 0. The molecule has 1 unspecified atom stereocenters. The van der Waals surface area contributed by atoms with Gasteiger partial charge >= 0.3 is 5.51 Å². The van der Waals surface area contributed by atoms with E-state index in [4.69, 9.17) is 5.73 Å². The third-order valence-corrected chi connectivity index (χ3v) is 2.38. The molecule has 0 radical (unpaired) electrons. The number of nitrogens with two attached hydrogens (primary N) is 1. The number of hydrogen-bond donors (Lipinski definition) is 1. The highest BCUT2D eigenvalue weighted by Crippen LogP contribution is 2.36. The lowest BCUT2D eigenvalue weighted by atomic mass is 10.1. The van der Waals surface area contributed by atoms with Crippen LogP contribution in [-0.4, -0.2) is 5.51 Å². The molecule has 2 N–H and O–H groups in total. The summed E-state index contributed by atoms with van der Waals surface area (Å²) in [6.45, 7) is 5.78. The molecule has 0 aliphatic heterocycles. The van der Waals surface area contributed by atoms with Gasteiger partial charge in [-0.1, -0.05) is 26.0 Å². The van der Waals surface area contributed by atoms with Crippen LogP contribution in [0.15, 0.2) is 29.2 Å². The Hall–Kier alpha value is -0.680. The van der Waals surface area contributed by atoms with E-state index in [0.29, 0.717) is 0 Å². The fourth-order valence-corrected chi connectivity index (χ4v) is 1.51. The van der Waals surface area contributed by atoms with Crippen LogP contribution in [0.1, 0.15) is 32.4 Å². The Morgan fingerprint density at radius 3 is 1.88 bits per heavy atom. The Morgan fingerprint density at radius 1 is 1.12 bits per heavy atom. The Balaban J connectivity index is 0.00000106. The number of halogens is 3. The van der Waals surface area contributed by atoms with E-state index in [1.54, 1.807) is 19.1 Å². The summed E-state index contributed by atoms with van der Waals surface area (Å²) in [7, 11) is 0. The monoisotopic (exact) mass is 251 g/mol. The van der Waals surface area contributed by atoms with Gasteiger partial charge in [0.1, 0.15) is 0 Å². The molecule has 0 aliphatic rings. The van der Waals surface area contributed by atoms with E-state index in [-0.39, 0.29) is 22.7 Å². The topological polar surface area (TPSA) is 26.0 Å². The molecule has 0 heterocycles. The summed E-state index contributed by atoms with van der Waals surface area (Å²) in [5, 5.41) is 0. The Morgan fingerprint density at radius 2 is 1.56 bits per heavy atom. The highest BCUT2D eigenvalue weighted by atomic mass is 32.2. The van der Waals surface area contributed by atoms with E-state index in [9.17, 15) is 13.2 Å². The van der Waals surface area contributed by atoms with E-state index in [1.165, 1.54) is 12.1 Å². The zero-order valence-corrected chi connectivity index (χ0v) is 10.3. The van der Waals surface area contributed by atoms with Gasteiger partial charge in [-0.05, 0) is 36.4 Å². The summed E-state index contributed by atoms with van der Waals surface area (Å²) < 4.78 is 35.8. The Bertz CT molecular complexity index is 293. The largest absolute Gasteiger partial charge is 0.446 e. The van der Waals surface area contributed by atoms with Gasteiger partial charge in [-0.2, -0.15) is 13.2 Å². The quantitative estimate of drug-likeness (QED) is 0.791. The molecule has 0 fully saturated rings. The van der Waals surface area contributed by atoms with E-state index < -0.39 is 5.51 Å². The predicted molar refractivity (Wildman–Crippen MR) is 62.3 cm³/mol. The minimum absolute atomic E-state index is 0.120. The van der Waals surface area contributed by atoms with Crippen molar-refractivity contribution in [1.82, 2.24) is 0 Å². The Kier molecular flexibility index (Phi) is 6.52. The van der Waals surface area contributed by atoms with Crippen molar-refractivity contribution in [2.45, 2.75) is 37.2 Å². The van der Waals surface area contributed by atoms with Crippen molar-refractivity contribution >= 4 is 11.8 Å². The molecule has 0 aliphatic carbocycles. The molecule has 0 amide bonds. The summed E-state index contributed by atoms with van der Waals surface area (Å²) in [5.41, 5.74) is 2.17. The third-order valence-electron chi connectivity index (χ3n) is 1.64. The van der Waals surface area contributed by atoms with E-state index in [0.717, 1.165) is 5.56 Å². The minimum atomic E-state index is -4.23. The maximum Gasteiger partial charge on any atom is 0.446 e. The van der Waals surface area contributed by atoms with Crippen molar-refractivity contribution in [2.24, 2.45) is 5.73 Å². The zero-order chi connectivity index (χ0) is 12.8. The highest BCUT2D eigenvalue weighted by Gasteiger charge is 2.28. The summed E-state index contributed by atoms with van der Waals surface area (Å²) >= 11 is -0.120. The molecule has 1 rings (SSSR count). The second-order valence-electron chi connectivity index (χ2n) is 2.91. The van der Waals surface area contributed by atoms with Crippen LogP contribution >= 0.6 is 11.8 Å². The third kappa shape index (κ3) is 6.02. The molecule has 16 heavy (non-hydrogen) atoms. The van der Waals surface area contributed by atoms with Crippen molar-refractivity contribution < 1.29 is 13.2 Å². The first kappa shape index (κ1) is 15.3. The smallest absolute Gasteiger partial charge is 0.324 e. The molecule has 1 aromatic carbocycles. The van der Waals surface area contributed by atoms with Crippen molar-refractivity contribution in [3.05, 3.63) is 29.8 Å². The maximum atomic E-state index is 11.9. The fourth-order valence-electron chi connectivity index (χ4n) is 0.973. The molecule has 0 saturated carbocycles. The zero-order valence-electron chi connectivity index (χ0n) is 9.51. The maximum absolute atomic E-state index is 11.9. The SMILES string of the molecule is CC.CC(N)c1ccc(SC(F)(F)F)cc1. The van der Waals surface area contributed by atoms with Gasteiger partial charge in [0, 0.05) is 10.9 Å². The van der Waals surface area contributed by atoms with E-state index in [1.807, 2.05) is 13.8 Å². The van der Waals surface area contributed by atoms with Crippen LogP contribution in [0.25, 0.3) is 0 Å². The van der Waals surface area contributed by atoms with Gasteiger partial charge in [-0.25, -0.2) is 0 Å². The van der Waals surface area contributed by atoms with Crippen molar-refractivity contribution in [3.63, 3.8) is 0 Å². The second kappa shape index (κ2) is 6.81. The van der Waals surface area contributed by atoms with Crippen LogP contribution in [-0.2, 0) is 0 Å². The van der Waals surface area contributed by atoms with Crippen molar-refractivity contribution in [2.75, 3.05) is 0 Å². The number of benzene rings is 1. The van der Waals surface area contributed by atoms with Crippen LogP contribution in [0, 0.1) is 0 Å². The number of rotatable bonds is 2. The van der Waals surface area contributed by atoms with Gasteiger partial charge in [0.05, 0.1) is 0 Å². The fraction of sp³-hybridized carbons (Fsp3) is 0.455. The van der Waals surface area contributed by atoms with Crippen molar-refractivity contribution in [3.8, 4) is 0 Å². The molecular formula is C11H16F3NS. The van der Waals surface area contributed by atoms with Gasteiger partial charge in [-0.3, -0.25) is 0 Å². The van der Waals surface area contributed by atoms with E-state index >= 15 is 0 Å². The summed E-state index contributed by atoms with van der Waals surface area (Å²) in [6, 6.07) is 5.92. The Labute approximate surface area is 98.2 Å². The number of hydrogen-bond acceptors (Lipinski definition) is 2. The van der Waals surface area contributed by atoms with Gasteiger partial charge < -0.3 is 5.73 Å². The molecule has 0 bridgehead atoms. The van der Waals surface area contributed by atoms with Crippen LogP contribution in [0.3, 0.4) is 0 Å². The van der Waals surface area contributed by atoms with E-state index in [2.05, 4.69) is 0 Å². The summed E-state index contributed by atoms with van der Waals surface area (Å²) in [4.78, 5) is 0.182. The summed E-state index contributed by atoms with van der Waals surface area (Å²) in [6.07, 6.45) is 0. The molecular weight excluding hydrogens is 235 g/mol.